The van der Waals surface area contributed by atoms with Crippen LogP contribution in [0.5, 0.6) is 11.5 Å². The van der Waals surface area contributed by atoms with Gasteiger partial charge in [-0.05, 0) is 39.7 Å². The summed E-state index contributed by atoms with van der Waals surface area (Å²) in [4.78, 5) is 4.21. The molecule has 0 saturated heterocycles. The monoisotopic (exact) mass is 379 g/mol. The highest BCUT2D eigenvalue weighted by atomic mass is 79.9. The van der Waals surface area contributed by atoms with Crippen LogP contribution in [0.15, 0.2) is 44.6 Å². The Morgan fingerprint density at radius 2 is 1.96 bits per heavy atom. The van der Waals surface area contributed by atoms with Crippen LogP contribution in [0.3, 0.4) is 0 Å². The van der Waals surface area contributed by atoms with E-state index in [0.29, 0.717) is 26.3 Å². The van der Waals surface area contributed by atoms with Crippen molar-refractivity contribution in [2.24, 2.45) is 4.99 Å². The standard InChI is InChI=1S/C16H18BrN3O3/c1-18-16(19-8-11-2-3-21-10-11)20-9-12-6-13(17)15-14(7-12)22-4-5-23-15/h2-3,6-7,10H,4-5,8-9H2,1H3,(H2,18,19,20). The molecule has 1 aromatic carbocycles. The number of halogens is 1. The first-order chi connectivity index (χ1) is 11.3. The molecule has 0 atom stereocenters. The predicted molar refractivity (Wildman–Crippen MR) is 90.9 cm³/mol. The Labute approximate surface area is 143 Å². The number of nitrogens with zero attached hydrogens (tertiary/aromatic N) is 1. The van der Waals surface area contributed by atoms with Gasteiger partial charge in [0.15, 0.2) is 17.5 Å². The van der Waals surface area contributed by atoms with Crippen molar-refractivity contribution in [3.05, 3.63) is 46.3 Å². The van der Waals surface area contributed by atoms with Crippen LogP contribution < -0.4 is 20.1 Å². The largest absolute Gasteiger partial charge is 0.486 e. The predicted octanol–water partition coefficient (Wildman–Crippen LogP) is 2.68. The second kappa shape index (κ2) is 7.41. The Bertz CT molecular complexity index is 686. The van der Waals surface area contributed by atoms with E-state index >= 15 is 0 Å². The zero-order valence-corrected chi connectivity index (χ0v) is 14.4. The van der Waals surface area contributed by atoms with Crippen molar-refractivity contribution in [3.63, 3.8) is 0 Å². The van der Waals surface area contributed by atoms with Gasteiger partial charge in [-0.2, -0.15) is 0 Å². The fraction of sp³-hybridized carbons (Fsp3) is 0.312. The fourth-order valence-corrected chi connectivity index (χ4v) is 2.86. The van der Waals surface area contributed by atoms with Gasteiger partial charge in [-0.25, -0.2) is 0 Å². The van der Waals surface area contributed by atoms with Gasteiger partial charge in [0.2, 0.25) is 0 Å². The van der Waals surface area contributed by atoms with Crippen molar-refractivity contribution >= 4 is 21.9 Å². The van der Waals surface area contributed by atoms with E-state index in [4.69, 9.17) is 13.9 Å². The fourth-order valence-electron chi connectivity index (χ4n) is 2.25. The van der Waals surface area contributed by atoms with Gasteiger partial charge in [0.1, 0.15) is 13.2 Å². The second-order valence-electron chi connectivity index (χ2n) is 5.01. The number of hydrogen-bond acceptors (Lipinski definition) is 4. The number of fused-ring (bicyclic) bond motifs is 1. The average Bonchev–Trinajstić information content (AvgIpc) is 3.08. The first kappa shape index (κ1) is 15.7. The van der Waals surface area contributed by atoms with Crippen molar-refractivity contribution < 1.29 is 13.9 Å². The number of furan rings is 1. The molecule has 0 spiro atoms. The molecule has 0 unspecified atom stereocenters. The molecule has 1 aromatic heterocycles. The molecule has 122 valence electrons. The molecule has 2 aromatic rings. The van der Waals surface area contributed by atoms with Crippen molar-refractivity contribution in [1.29, 1.82) is 0 Å². The molecular formula is C16H18BrN3O3. The summed E-state index contributed by atoms with van der Waals surface area (Å²) in [6.45, 7) is 2.43. The molecule has 6 nitrogen and oxygen atoms in total. The van der Waals surface area contributed by atoms with Crippen molar-refractivity contribution in [3.8, 4) is 11.5 Å². The second-order valence-corrected chi connectivity index (χ2v) is 5.87. The number of benzene rings is 1. The van der Waals surface area contributed by atoms with Crippen LogP contribution in [-0.4, -0.2) is 26.2 Å². The zero-order chi connectivity index (χ0) is 16.1. The topological polar surface area (TPSA) is 68.0 Å². The molecule has 23 heavy (non-hydrogen) atoms. The van der Waals surface area contributed by atoms with E-state index in [0.717, 1.165) is 33.1 Å². The summed E-state index contributed by atoms with van der Waals surface area (Å²) < 4.78 is 17.2. The van der Waals surface area contributed by atoms with E-state index < -0.39 is 0 Å². The molecule has 0 bridgehead atoms. The molecule has 7 heteroatoms. The maximum absolute atomic E-state index is 5.64. The first-order valence-corrected chi connectivity index (χ1v) is 8.09. The number of aliphatic imine (C=N–C) groups is 1. The Balaban J connectivity index is 1.59. The van der Waals surface area contributed by atoms with Gasteiger partial charge in [-0.15, -0.1) is 0 Å². The summed E-state index contributed by atoms with van der Waals surface area (Å²) in [5, 5.41) is 6.50. The van der Waals surface area contributed by atoms with E-state index in [9.17, 15) is 0 Å². The summed E-state index contributed by atoms with van der Waals surface area (Å²) >= 11 is 3.52. The van der Waals surface area contributed by atoms with E-state index in [1.807, 2.05) is 18.2 Å². The van der Waals surface area contributed by atoms with E-state index in [-0.39, 0.29) is 0 Å². The summed E-state index contributed by atoms with van der Waals surface area (Å²) in [7, 11) is 1.74. The molecule has 2 N–H and O–H groups in total. The maximum atomic E-state index is 5.64. The van der Waals surface area contributed by atoms with Crippen molar-refractivity contribution in [2.75, 3.05) is 20.3 Å². The van der Waals surface area contributed by atoms with Crippen molar-refractivity contribution in [1.82, 2.24) is 10.6 Å². The lowest BCUT2D eigenvalue weighted by atomic mass is 10.2. The Morgan fingerprint density at radius 1 is 1.17 bits per heavy atom. The van der Waals surface area contributed by atoms with Crippen LogP contribution in [-0.2, 0) is 13.1 Å². The van der Waals surface area contributed by atoms with Crippen LogP contribution in [0.2, 0.25) is 0 Å². The number of ether oxygens (including phenoxy) is 2. The minimum absolute atomic E-state index is 0.574. The molecule has 1 aliphatic heterocycles. The zero-order valence-electron chi connectivity index (χ0n) is 12.8. The molecule has 3 rings (SSSR count). The third kappa shape index (κ3) is 3.98. The highest BCUT2D eigenvalue weighted by molar-refractivity contribution is 9.10. The van der Waals surface area contributed by atoms with E-state index in [1.54, 1.807) is 19.6 Å². The molecule has 0 fully saturated rings. The normalized spacial score (nSPS) is 13.7. The third-order valence-electron chi connectivity index (χ3n) is 3.38. The number of nitrogens with one attached hydrogen (secondary N) is 2. The summed E-state index contributed by atoms with van der Waals surface area (Å²) in [5.74, 6) is 2.25. The van der Waals surface area contributed by atoms with Crippen LogP contribution in [0.1, 0.15) is 11.1 Å². The lowest BCUT2D eigenvalue weighted by Gasteiger charge is -2.20. The minimum atomic E-state index is 0.574. The van der Waals surface area contributed by atoms with Gasteiger partial charge < -0.3 is 24.5 Å². The quantitative estimate of drug-likeness (QED) is 0.631. The molecule has 0 radical (unpaired) electrons. The van der Waals surface area contributed by atoms with Gasteiger partial charge in [-0.1, -0.05) is 0 Å². The number of guanidine groups is 1. The van der Waals surface area contributed by atoms with Gasteiger partial charge >= 0.3 is 0 Å². The van der Waals surface area contributed by atoms with Crippen molar-refractivity contribution in [2.45, 2.75) is 13.1 Å². The first-order valence-electron chi connectivity index (χ1n) is 7.30. The minimum Gasteiger partial charge on any atom is -0.486 e. The highest BCUT2D eigenvalue weighted by Gasteiger charge is 2.16. The Kier molecular flexibility index (Phi) is 5.07. The van der Waals surface area contributed by atoms with Crippen LogP contribution in [0.4, 0.5) is 0 Å². The van der Waals surface area contributed by atoms with Crippen LogP contribution >= 0.6 is 15.9 Å². The van der Waals surface area contributed by atoms with E-state index in [2.05, 4.69) is 31.6 Å². The third-order valence-corrected chi connectivity index (χ3v) is 3.97. The van der Waals surface area contributed by atoms with E-state index in [1.165, 1.54) is 0 Å². The summed E-state index contributed by atoms with van der Waals surface area (Å²) in [6, 6.07) is 5.91. The maximum Gasteiger partial charge on any atom is 0.191 e. The Morgan fingerprint density at radius 3 is 2.70 bits per heavy atom. The lowest BCUT2D eigenvalue weighted by Crippen LogP contribution is -2.36. The average molecular weight is 380 g/mol. The molecule has 1 aliphatic rings. The van der Waals surface area contributed by atoms with Gasteiger partial charge in [0, 0.05) is 25.7 Å². The molecule has 0 aliphatic carbocycles. The SMILES string of the molecule is CN=C(NCc1ccoc1)NCc1cc(Br)c2c(c1)OCCO2. The molecule has 0 amide bonds. The Hall–Kier alpha value is -2.15. The molecule has 0 saturated carbocycles. The van der Waals surface area contributed by atoms with Gasteiger partial charge in [-0.3, -0.25) is 4.99 Å². The van der Waals surface area contributed by atoms with Crippen LogP contribution in [0, 0.1) is 0 Å². The lowest BCUT2D eigenvalue weighted by molar-refractivity contribution is 0.170. The van der Waals surface area contributed by atoms with Gasteiger partial charge in [0.25, 0.3) is 0 Å². The number of rotatable bonds is 4. The number of hydrogen-bond donors (Lipinski definition) is 2. The van der Waals surface area contributed by atoms with Crippen LogP contribution in [0.25, 0.3) is 0 Å². The summed E-state index contributed by atoms with van der Waals surface area (Å²) in [5.41, 5.74) is 2.14. The summed E-state index contributed by atoms with van der Waals surface area (Å²) in [6.07, 6.45) is 3.36. The molecule has 2 heterocycles. The molecular weight excluding hydrogens is 362 g/mol. The smallest absolute Gasteiger partial charge is 0.191 e. The van der Waals surface area contributed by atoms with Gasteiger partial charge in [0.05, 0.1) is 17.0 Å². The highest BCUT2D eigenvalue weighted by Crippen LogP contribution is 2.38.